The lowest BCUT2D eigenvalue weighted by molar-refractivity contribution is 0.0602. The molecule has 2 heterocycles. The number of hydrogen-bond donors (Lipinski definition) is 1. The topological polar surface area (TPSA) is 71.7 Å². The Bertz CT molecular complexity index is 442. The van der Waals surface area contributed by atoms with Crippen LogP contribution in [0.2, 0.25) is 0 Å². The monoisotopic (exact) mass is 250 g/mol. The highest BCUT2D eigenvalue weighted by atomic mass is 16.5. The Kier molecular flexibility index (Phi) is 3.66. The van der Waals surface area contributed by atoms with Crippen molar-refractivity contribution < 1.29 is 9.53 Å². The summed E-state index contributed by atoms with van der Waals surface area (Å²) in [5.74, 6) is 0.350. The number of piperazine rings is 1. The predicted molar refractivity (Wildman–Crippen MR) is 69.7 cm³/mol. The third-order valence-electron chi connectivity index (χ3n) is 3.15. The van der Waals surface area contributed by atoms with Gasteiger partial charge in [-0.05, 0) is 13.1 Å². The van der Waals surface area contributed by atoms with Gasteiger partial charge in [0.25, 0.3) is 0 Å². The minimum atomic E-state index is -0.426. The van der Waals surface area contributed by atoms with Gasteiger partial charge in [-0.1, -0.05) is 0 Å². The Labute approximate surface area is 106 Å². The first kappa shape index (κ1) is 12.6. The van der Waals surface area contributed by atoms with Crippen molar-refractivity contribution in [2.24, 2.45) is 0 Å². The number of aromatic nitrogens is 1. The molecule has 2 N–H and O–H groups in total. The van der Waals surface area contributed by atoms with Crippen LogP contribution in [0.15, 0.2) is 12.3 Å². The van der Waals surface area contributed by atoms with E-state index in [4.69, 9.17) is 10.5 Å². The Morgan fingerprint density at radius 2 is 2.06 bits per heavy atom. The van der Waals surface area contributed by atoms with E-state index in [2.05, 4.69) is 21.8 Å². The number of nitrogens with zero attached hydrogens (tertiary/aromatic N) is 3. The highest BCUT2D eigenvalue weighted by molar-refractivity contribution is 5.95. The fourth-order valence-electron chi connectivity index (χ4n) is 1.95. The van der Waals surface area contributed by atoms with E-state index in [1.165, 1.54) is 13.3 Å². The lowest BCUT2D eigenvalue weighted by Gasteiger charge is -2.33. The zero-order valence-electron chi connectivity index (χ0n) is 10.7. The number of pyridine rings is 1. The third-order valence-corrected chi connectivity index (χ3v) is 3.15. The second-order valence-electron chi connectivity index (χ2n) is 4.41. The van der Waals surface area contributed by atoms with Crippen LogP contribution < -0.4 is 10.6 Å². The molecule has 98 valence electrons. The summed E-state index contributed by atoms with van der Waals surface area (Å²) in [6.45, 7) is 3.77. The molecule has 6 nitrogen and oxygen atoms in total. The first-order valence-electron chi connectivity index (χ1n) is 5.89. The van der Waals surface area contributed by atoms with E-state index in [1.807, 2.05) is 0 Å². The molecule has 1 aliphatic rings. The SMILES string of the molecule is COC(=O)c1cc(N2CCN(C)CC2)ncc1N. The number of nitrogen functional groups attached to an aromatic ring is 1. The largest absolute Gasteiger partial charge is 0.465 e. The molecule has 0 aromatic carbocycles. The van der Waals surface area contributed by atoms with Crippen molar-refractivity contribution >= 4 is 17.5 Å². The molecule has 0 saturated carbocycles. The third kappa shape index (κ3) is 2.53. The fraction of sp³-hybridized carbons (Fsp3) is 0.500. The zero-order valence-corrected chi connectivity index (χ0v) is 10.7. The molecule has 0 radical (unpaired) electrons. The molecule has 1 fully saturated rings. The van der Waals surface area contributed by atoms with E-state index in [0.717, 1.165) is 32.0 Å². The van der Waals surface area contributed by atoms with Crippen LogP contribution in [0.4, 0.5) is 11.5 Å². The van der Waals surface area contributed by atoms with Crippen molar-refractivity contribution in [3.63, 3.8) is 0 Å². The van der Waals surface area contributed by atoms with E-state index in [0.29, 0.717) is 11.3 Å². The number of rotatable bonds is 2. The minimum absolute atomic E-state index is 0.347. The van der Waals surface area contributed by atoms with Gasteiger partial charge in [-0.15, -0.1) is 0 Å². The summed E-state index contributed by atoms with van der Waals surface area (Å²) in [5, 5.41) is 0. The van der Waals surface area contributed by atoms with Gasteiger partial charge >= 0.3 is 5.97 Å². The van der Waals surface area contributed by atoms with Crippen molar-refractivity contribution in [3.8, 4) is 0 Å². The molecule has 0 unspecified atom stereocenters. The summed E-state index contributed by atoms with van der Waals surface area (Å²) in [7, 11) is 3.44. The number of methoxy groups -OCH3 is 1. The molecule has 0 atom stereocenters. The normalized spacial score (nSPS) is 16.7. The highest BCUT2D eigenvalue weighted by Crippen LogP contribution is 2.19. The predicted octanol–water partition coefficient (Wildman–Crippen LogP) is 0.202. The molecule has 0 spiro atoms. The molecule has 1 aromatic rings. The second kappa shape index (κ2) is 5.22. The molecule has 0 amide bonds. The lowest BCUT2D eigenvalue weighted by atomic mass is 10.2. The van der Waals surface area contributed by atoms with Gasteiger partial charge < -0.3 is 20.3 Å². The number of carbonyl (C=O) groups excluding carboxylic acids is 1. The van der Waals surface area contributed by atoms with Crippen molar-refractivity contribution in [3.05, 3.63) is 17.8 Å². The molecule has 1 aromatic heterocycles. The summed E-state index contributed by atoms with van der Waals surface area (Å²) < 4.78 is 4.70. The average Bonchev–Trinajstić information content (AvgIpc) is 2.39. The highest BCUT2D eigenvalue weighted by Gasteiger charge is 2.18. The van der Waals surface area contributed by atoms with Gasteiger partial charge in [0.2, 0.25) is 0 Å². The van der Waals surface area contributed by atoms with Gasteiger partial charge in [0.1, 0.15) is 5.82 Å². The number of hydrogen-bond acceptors (Lipinski definition) is 6. The number of carbonyl (C=O) groups is 1. The first-order valence-corrected chi connectivity index (χ1v) is 5.89. The maximum atomic E-state index is 11.6. The fourth-order valence-corrected chi connectivity index (χ4v) is 1.95. The number of ether oxygens (including phenoxy) is 1. The second-order valence-corrected chi connectivity index (χ2v) is 4.41. The first-order chi connectivity index (χ1) is 8.61. The van der Waals surface area contributed by atoms with Crippen LogP contribution in [-0.2, 0) is 4.74 Å². The van der Waals surface area contributed by atoms with Crippen molar-refractivity contribution in [2.75, 3.05) is 51.0 Å². The molecule has 1 aliphatic heterocycles. The van der Waals surface area contributed by atoms with E-state index in [1.54, 1.807) is 6.07 Å². The molecule has 0 bridgehead atoms. The van der Waals surface area contributed by atoms with E-state index in [-0.39, 0.29) is 0 Å². The van der Waals surface area contributed by atoms with Crippen LogP contribution in [0.25, 0.3) is 0 Å². The van der Waals surface area contributed by atoms with E-state index >= 15 is 0 Å². The molecule has 1 saturated heterocycles. The summed E-state index contributed by atoms with van der Waals surface area (Å²) in [5.41, 5.74) is 6.45. The van der Waals surface area contributed by atoms with Crippen LogP contribution in [-0.4, -0.2) is 56.2 Å². The van der Waals surface area contributed by atoms with Gasteiger partial charge in [0, 0.05) is 26.2 Å². The Hall–Kier alpha value is -1.82. The van der Waals surface area contributed by atoms with E-state index in [9.17, 15) is 4.79 Å². The summed E-state index contributed by atoms with van der Waals surface area (Å²) >= 11 is 0. The number of esters is 1. The van der Waals surface area contributed by atoms with Gasteiger partial charge in [0.05, 0.1) is 24.6 Å². The van der Waals surface area contributed by atoms with Crippen molar-refractivity contribution in [1.29, 1.82) is 0 Å². The van der Waals surface area contributed by atoms with Crippen molar-refractivity contribution in [1.82, 2.24) is 9.88 Å². The Morgan fingerprint density at radius 1 is 1.39 bits per heavy atom. The van der Waals surface area contributed by atoms with Gasteiger partial charge in [-0.3, -0.25) is 0 Å². The molecular weight excluding hydrogens is 232 g/mol. The van der Waals surface area contributed by atoms with Gasteiger partial charge in [0.15, 0.2) is 0 Å². The number of likely N-dealkylation sites (N-methyl/N-ethyl adjacent to an activating group) is 1. The number of nitrogens with two attached hydrogens (primary N) is 1. The molecule has 2 rings (SSSR count). The minimum Gasteiger partial charge on any atom is -0.465 e. The summed E-state index contributed by atoms with van der Waals surface area (Å²) in [6, 6.07) is 1.70. The van der Waals surface area contributed by atoms with Crippen LogP contribution >= 0.6 is 0 Å². The molecular formula is C12H18N4O2. The standard InChI is InChI=1S/C12H18N4O2/c1-15-3-5-16(6-4-15)11-7-9(12(17)18-2)10(13)8-14-11/h7-8H,3-6,13H2,1-2H3. The number of anilines is 2. The summed E-state index contributed by atoms with van der Waals surface area (Å²) in [6.07, 6.45) is 1.51. The van der Waals surface area contributed by atoms with E-state index < -0.39 is 5.97 Å². The lowest BCUT2D eigenvalue weighted by Crippen LogP contribution is -2.44. The van der Waals surface area contributed by atoms with Crippen molar-refractivity contribution in [2.45, 2.75) is 0 Å². The summed E-state index contributed by atoms with van der Waals surface area (Å²) in [4.78, 5) is 20.2. The quantitative estimate of drug-likeness (QED) is 0.756. The van der Waals surface area contributed by atoms with Gasteiger partial charge in [-0.2, -0.15) is 0 Å². The maximum Gasteiger partial charge on any atom is 0.340 e. The smallest absolute Gasteiger partial charge is 0.340 e. The van der Waals surface area contributed by atoms with Crippen LogP contribution in [0.3, 0.4) is 0 Å². The Morgan fingerprint density at radius 3 is 2.67 bits per heavy atom. The van der Waals surface area contributed by atoms with Gasteiger partial charge in [-0.25, -0.2) is 9.78 Å². The average molecular weight is 250 g/mol. The maximum absolute atomic E-state index is 11.6. The molecule has 18 heavy (non-hydrogen) atoms. The van der Waals surface area contributed by atoms with Crippen LogP contribution in [0, 0.1) is 0 Å². The van der Waals surface area contributed by atoms with Crippen LogP contribution in [0.1, 0.15) is 10.4 Å². The van der Waals surface area contributed by atoms with Crippen LogP contribution in [0.5, 0.6) is 0 Å². The zero-order chi connectivity index (χ0) is 13.1. The Balaban J connectivity index is 2.21. The molecule has 0 aliphatic carbocycles. The molecule has 6 heteroatoms.